The Morgan fingerprint density at radius 2 is 1.72 bits per heavy atom. The minimum atomic E-state index is -0.662. The lowest BCUT2D eigenvalue weighted by atomic mass is 10.0. The fourth-order valence-electron chi connectivity index (χ4n) is 4.99. The van der Waals surface area contributed by atoms with Crippen LogP contribution in [0.15, 0.2) is 85.1 Å². The molecule has 180 valence electrons. The summed E-state index contributed by atoms with van der Waals surface area (Å²) < 4.78 is 0. The highest BCUT2D eigenvalue weighted by molar-refractivity contribution is 6.04. The van der Waals surface area contributed by atoms with Crippen molar-refractivity contribution in [3.63, 3.8) is 0 Å². The lowest BCUT2D eigenvalue weighted by Gasteiger charge is -2.31. The Labute approximate surface area is 211 Å². The molecule has 6 nitrogen and oxygen atoms in total. The number of aromatic amines is 1. The minimum absolute atomic E-state index is 0.0858. The quantitative estimate of drug-likeness (QED) is 0.284. The van der Waals surface area contributed by atoms with Gasteiger partial charge in [-0.3, -0.25) is 9.59 Å². The Morgan fingerprint density at radius 1 is 0.972 bits per heavy atom. The molecule has 2 heterocycles. The molecular formula is C30H28N4O2. The number of anilines is 1. The normalized spacial score (nSPS) is 15.4. The molecule has 36 heavy (non-hydrogen) atoms. The second-order valence-corrected chi connectivity index (χ2v) is 9.09. The van der Waals surface area contributed by atoms with Crippen molar-refractivity contribution in [3.05, 3.63) is 113 Å². The Bertz CT molecular complexity index is 1420. The zero-order valence-corrected chi connectivity index (χ0v) is 20.1. The second-order valence-electron chi connectivity index (χ2n) is 9.09. The van der Waals surface area contributed by atoms with Gasteiger partial charge in [-0.1, -0.05) is 54.6 Å². The number of hydrogen-bond donors (Lipinski definition) is 1. The van der Waals surface area contributed by atoms with Gasteiger partial charge < -0.3 is 19.6 Å². The summed E-state index contributed by atoms with van der Waals surface area (Å²) in [5, 5.41) is 1.06. The standard InChI is InChI=1S/C30H28N4O2/c1-31-17-9-10-18-33-27-16-8-5-13-23(27)21-34(29(35)22-11-3-2-4-12-22)28(30(33)36)19-24-20-32-26-15-7-6-14-25(24)26/h2-8,11-16,20,28,32H,9-10,17-19,21H2. The third-order valence-corrected chi connectivity index (χ3v) is 6.82. The van der Waals surface area contributed by atoms with Crippen LogP contribution in [0.1, 0.15) is 34.3 Å². The van der Waals surface area contributed by atoms with E-state index in [0.29, 0.717) is 31.6 Å². The van der Waals surface area contributed by atoms with Crippen molar-refractivity contribution in [2.24, 2.45) is 0 Å². The molecule has 5 rings (SSSR count). The van der Waals surface area contributed by atoms with Gasteiger partial charge in [-0.05, 0) is 41.8 Å². The van der Waals surface area contributed by atoms with E-state index in [0.717, 1.165) is 40.6 Å². The molecule has 3 aromatic carbocycles. The molecule has 1 aromatic heterocycles. The number of aromatic nitrogens is 1. The number of carbonyl (C=O) groups excluding carboxylic acids is 2. The lowest BCUT2D eigenvalue weighted by Crippen LogP contribution is -2.50. The molecule has 0 radical (unpaired) electrons. The van der Waals surface area contributed by atoms with Gasteiger partial charge in [0.2, 0.25) is 12.5 Å². The number of benzene rings is 3. The van der Waals surface area contributed by atoms with Crippen LogP contribution in [0.4, 0.5) is 5.69 Å². The first kappa shape index (κ1) is 23.4. The highest BCUT2D eigenvalue weighted by Crippen LogP contribution is 2.32. The van der Waals surface area contributed by atoms with Crippen LogP contribution in [0, 0.1) is 6.57 Å². The number of unbranched alkanes of at least 4 members (excludes halogenated alkanes) is 1. The van der Waals surface area contributed by atoms with Crippen molar-refractivity contribution >= 4 is 28.4 Å². The molecule has 1 aliphatic rings. The second kappa shape index (κ2) is 10.5. The molecule has 1 aliphatic heterocycles. The van der Waals surface area contributed by atoms with Crippen molar-refractivity contribution in [2.75, 3.05) is 18.0 Å². The first-order valence-electron chi connectivity index (χ1n) is 12.3. The molecule has 4 aromatic rings. The van der Waals surface area contributed by atoms with Gasteiger partial charge in [0.25, 0.3) is 5.91 Å². The molecule has 1 N–H and O–H groups in total. The van der Waals surface area contributed by atoms with Gasteiger partial charge in [-0.15, -0.1) is 0 Å². The Balaban J connectivity index is 1.57. The SMILES string of the molecule is [C-]#[N+]CCCCN1C(=O)C(Cc2c[nH]c3ccccc23)N(C(=O)c2ccccc2)Cc2ccccc21. The number of amides is 2. The number of nitrogens with zero attached hydrogens (tertiary/aromatic N) is 3. The molecule has 0 bridgehead atoms. The summed E-state index contributed by atoms with van der Waals surface area (Å²) in [5.74, 6) is -0.240. The maximum atomic E-state index is 14.2. The number of hydrogen-bond acceptors (Lipinski definition) is 2. The fourth-order valence-corrected chi connectivity index (χ4v) is 4.99. The predicted octanol–water partition coefficient (Wildman–Crippen LogP) is 5.47. The van der Waals surface area contributed by atoms with Crippen LogP contribution in [0.25, 0.3) is 15.7 Å². The van der Waals surface area contributed by atoms with Crippen molar-refractivity contribution in [1.82, 2.24) is 9.88 Å². The Morgan fingerprint density at radius 3 is 2.56 bits per heavy atom. The van der Waals surface area contributed by atoms with E-state index in [9.17, 15) is 9.59 Å². The summed E-state index contributed by atoms with van der Waals surface area (Å²) in [7, 11) is 0. The molecule has 0 saturated carbocycles. The highest BCUT2D eigenvalue weighted by Gasteiger charge is 2.38. The summed E-state index contributed by atoms with van der Waals surface area (Å²) in [5.41, 5.74) is 4.37. The first-order chi connectivity index (χ1) is 17.7. The molecule has 0 aliphatic carbocycles. The number of carbonyl (C=O) groups is 2. The lowest BCUT2D eigenvalue weighted by molar-refractivity contribution is -0.123. The van der Waals surface area contributed by atoms with Crippen LogP contribution >= 0.6 is 0 Å². The van der Waals surface area contributed by atoms with E-state index in [1.54, 1.807) is 17.0 Å². The number of fused-ring (bicyclic) bond motifs is 2. The summed E-state index contributed by atoms with van der Waals surface area (Å²) >= 11 is 0. The van der Waals surface area contributed by atoms with E-state index in [1.165, 1.54) is 0 Å². The molecule has 6 heteroatoms. The smallest absolute Gasteiger partial charge is 0.254 e. The molecule has 2 amide bonds. The van der Waals surface area contributed by atoms with Gasteiger partial charge in [-0.25, -0.2) is 6.57 Å². The molecular weight excluding hydrogens is 448 g/mol. The average Bonchev–Trinajstić information content (AvgIpc) is 3.29. The maximum Gasteiger partial charge on any atom is 0.254 e. The van der Waals surface area contributed by atoms with Crippen LogP contribution in [-0.4, -0.2) is 40.8 Å². The van der Waals surface area contributed by atoms with Crippen molar-refractivity contribution < 1.29 is 9.59 Å². The molecule has 0 saturated heterocycles. The van der Waals surface area contributed by atoms with Gasteiger partial charge in [0.15, 0.2) is 0 Å². The van der Waals surface area contributed by atoms with Crippen molar-refractivity contribution in [1.29, 1.82) is 0 Å². The van der Waals surface area contributed by atoms with Gasteiger partial charge in [0.1, 0.15) is 6.04 Å². The van der Waals surface area contributed by atoms with Crippen LogP contribution in [0.2, 0.25) is 0 Å². The number of para-hydroxylation sites is 2. The molecule has 0 fully saturated rings. The average molecular weight is 477 g/mol. The molecule has 0 spiro atoms. The van der Waals surface area contributed by atoms with Gasteiger partial charge >= 0.3 is 0 Å². The number of nitrogens with one attached hydrogen (secondary N) is 1. The van der Waals surface area contributed by atoms with Gasteiger partial charge in [0.05, 0.1) is 0 Å². The topological polar surface area (TPSA) is 60.8 Å². The first-order valence-corrected chi connectivity index (χ1v) is 12.3. The van der Waals surface area contributed by atoms with Crippen molar-refractivity contribution in [2.45, 2.75) is 31.8 Å². The number of rotatable bonds is 7. The molecule has 1 atom stereocenters. The third-order valence-electron chi connectivity index (χ3n) is 6.82. The van der Waals surface area contributed by atoms with Crippen LogP contribution in [-0.2, 0) is 17.8 Å². The zero-order valence-electron chi connectivity index (χ0n) is 20.1. The number of H-pyrrole nitrogens is 1. The van der Waals surface area contributed by atoms with Crippen molar-refractivity contribution in [3.8, 4) is 0 Å². The van der Waals surface area contributed by atoms with E-state index in [4.69, 9.17) is 6.57 Å². The predicted molar refractivity (Wildman–Crippen MR) is 142 cm³/mol. The Kier molecular flexibility index (Phi) is 6.81. The monoisotopic (exact) mass is 476 g/mol. The van der Waals surface area contributed by atoms with E-state index in [2.05, 4.69) is 9.83 Å². The van der Waals surface area contributed by atoms with E-state index in [1.807, 2.05) is 77.8 Å². The van der Waals surface area contributed by atoms with Crippen LogP contribution in [0.3, 0.4) is 0 Å². The van der Waals surface area contributed by atoms with Gasteiger partial charge in [0, 0.05) is 54.3 Å². The van der Waals surface area contributed by atoms with Gasteiger partial charge in [-0.2, -0.15) is 0 Å². The van der Waals surface area contributed by atoms with E-state index < -0.39 is 6.04 Å². The summed E-state index contributed by atoms with van der Waals surface area (Å²) in [6.07, 6.45) is 3.82. The largest absolute Gasteiger partial charge is 0.361 e. The van der Waals surface area contributed by atoms with Crippen LogP contribution < -0.4 is 4.90 Å². The van der Waals surface area contributed by atoms with E-state index >= 15 is 0 Å². The summed E-state index contributed by atoms with van der Waals surface area (Å²) in [4.78, 5) is 38.4. The Hall–Kier alpha value is -4.37. The zero-order chi connectivity index (χ0) is 24.9. The third kappa shape index (κ3) is 4.60. The minimum Gasteiger partial charge on any atom is -0.361 e. The summed E-state index contributed by atoms with van der Waals surface area (Å²) in [6, 6.07) is 24.4. The summed E-state index contributed by atoms with van der Waals surface area (Å²) in [6.45, 7) is 8.39. The maximum absolute atomic E-state index is 14.2. The van der Waals surface area contributed by atoms with E-state index in [-0.39, 0.29) is 11.8 Å². The fraction of sp³-hybridized carbons (Fsp3) is 0.233. The highest BCUT2D eigenvalue weighted by atomic mass is 16.2. The van der Waals surface area contributed by atoms with Crippen LogP contribution in [0.5, 0.6) is 0 Å². The molecule has 1 unspecified atom stereocenters.